The van der Waals surface area contributed by atoms with Gasteiger partial charge in [-0.1, -0.05) is 20.3 Å². The van der Waals surface area contributed by atoms with Gasteiger partial charge in [0.05, 0.1) is 17.9 Å². The van der Waals surface area contributed by atoms with E-state index >= 15 is 0 Å². The first-order valence-electron chi connectivity index (χ1n) is 8.33. The summed E-state index contributed by atoms with van der Waals surface area (Å²) in [6.07, 6.45) is 3.91. The van der Waals surface area contributed by atoms with Crippen LogP contribution in [0.3, 0.4) is 0 Å². The first-order chi connectivity index (χ1) is 10.9. The Bertz CT molecular complexity index is 553. The summed E-state index contributed by atoms with van der Waals surface area (Å²) in [5.74, 6) is 0.714. The molecule has 2 atom stereocenters. The molecule has 1 aromatic rings. The summed E-state index contributed by atoms with van der Waals surface area (Å²) in [7, 11) is 0. The average molecular weight is 358 g/mol. The van der Waals surface area contributed by atoms with E-state index in [4.69, 9.17) is 10.2 Å². The summed E-state index contributed by atoms with van der Waals surface area (Å²) in [6, 6.07) is 1.33. The third-order valence-electron chi connectivity index (χ3n) is 4.79. The maximum absolute atomic E-state index is 12.4. The molecule has 2 unspecified atom stereocenters. The highest BCUT2D eigenvalue weighted by atomic mass is 35.5. The normalized spacial score (nSPS) is 17.8. The van der Waals surface area contributed by atoms with E-state index in [1.165, 1.54) is 6.26 Å². The standard InChI is InChI=1S/C17H27N3O3.ClH/c1-4-11(2)15(18)17(22)20-8-5-13(6-9-20)19-16(21)14-7-10-23-12(14)3;/h7,10-11,13,15H,4-6,8-9,18H2,1-3H3,(H,19,21);1H. The van der Waals surface area contributed by atoms with Crippen LogP contribution in [0.1, 0.15) is 49.2 Å². The van der Waals surface area contributed by atoms with E-state index in [1.807, 2.05) is 18.7 Å². The largest absolute Gasteiger partial charge is 0.469 e. The molecule has 0 saturated carbocycles. The lowest BCUT2D eigenvalue weighted by atomic mass is 9.97. The fourth-order valence-electron chi connectivity index (χ4n) is 2.84. The number of nitrogens with zero attached hydrogens (tertiary/aromatic N) is 1. The van der Waals surface area contributed by atoms with Gasteiger partial charge in [0.25, 0.3) is 5.91 Å². The second kappa shape index (κ2) is 9.08. The van der Waals surface area contributed by atoms with Gasteiger partial charge in [-0.15, -0.1) is 12.4 Å². The Hall–Kier alpha value is -1.53. The van der Waals surface area contributed by atoms with Crippen LogP contribution in [0.4, 0.5) is 0 Å². The quantitative estimate of drug-likeness (QED) is 0.844. The lowest BCUT2D eigenvalue weighted by molar-refractivity contribution is -0.134. The molecule has 24 heavy (non-hydrogen) atoms. The predicted octanol–water partition coefficient (Wildman–Crippen LogP) is 2.10. The number of piperidine rings is 1. The predicted molar refractivity (Wildman–Crippen MR) is 95.2 cm³/mol. The SMILES string of the molecule is CCC(C)C(N)C(=O)N1CCC(NC(=O)c2ccoc2C)CC1.Cl. The van der Waals surface area contributed by atoms with Gasteiger partial charge >= 0.3 is 0 Å². The molecule has 0 aliphatic carbocycles. The fraction of sp³-hybridized carbons (Fsp3) is 0.647. The molecule has 2 amide bonds. The Morgan fingerprint density at radius 2 is 2.04 bits per heavy atom. The number of nitrogens with two attached hydrogens (primary N) is 1. The van der Waals surface area contributed by atoms with Gasteiger partial charge in [0.1, 0.15) is 5.76 Å². The summed E-state index contributed by atoms with van der Waals surface area (Å²) >= 11 is 0. The van der Waals surface area contributed by atoms with Crippen molar-refractivity contribution in [3.8, 4) is 0 Å². The van der Waals surface area contributed by atoms with Gasteiger partial charge in [-0.2, -0.15) is 0 Å². The molecular formula is C17H28ClN3O3. The average Bonchev–Trinajstić information content (AvgIpc) is 2.99. The van der Waals surface area contributed by atoms with E-state index in [1.54, 1.807) is 13.0 Å². The Morgan fingerprint density at radius 3 is 2.54 bits per heavy atom. The molecule has 1 fully saturated rings. The highest BCUT2D eigenvalue weighted by molar-refractivity contribution is 5.95. The summed E-state index contributed by atoms with van der Waals surface area (Å²) in [6.45, 7) is 7.09. The molecule has 3 N–H and O–H groups in total. The van der Waals surface area contributed by atoms with E-state index in [0.29, 0.717) is 24.4 Å². The number of likely N-dealkylation sites (tertiary alicyclic amines) is 1. The molecule has 1 aliphatic rings. The molecular weight excluding hydrogens is 330 g/mol. The zero-order chi connectivity index (χ0) is 17.0. The summed E-state index contributed by atoms with van der Waals surface area (Å²) < 4.78 is 5.16. The summed E-state index contributed by atoms with van der Waals surface area (Å²) in [5, 5.41) is 3.02. The van der Waals surface area contributed by atoms with Crippen molar-refractivity contribution in [1.29, 1.82) is 0 Å². The Kier molecular flexibility index (Phi) is 7.76. The second-order valence-corrected chi connectivity index (χ2v) is 6.37. The van der Waals surface area contributed by atoms with Gasteiger partial charge < -0.3 is 20.4 Å². The number of rotatable bonds is 5. The van der Waals surface area contributed by atoms with Gasteiger partial charge in [0, 0.05) is 19.1 Å². The van der Waals surface area contributed by atoms with Gasteiger partial charge in [0.15, 0.2) is 0 Å². The Morgan fingerprint density at radius 1 is 1.42 bits per heavy atom. The molecule has 0 radical (unpaired) electrons. The molecule has 2 rings (SSSR count). The number of carbonyl (C=O) groups is 2. The number of nitrogens with one attached hydrogen (secondary N) is 1. The zero-order valence-corrected chi connectivity index (χ0v) is 15.4. The molecule has 6 nitrogen and oxygen atoms in total. The smallest absolute Gasteiger partial charge is 0.255 e. The van der Waals surface area contributed by atoms with Crippen molar-refractivity contribution in [1.82, 2.24) is 10.2 Å². The fourth-order valence-corrected chi connectivity index (χ4v) is 2.84. The van der Waals surface area contributed by atoms with Gasteiger partial charge in [-0.25, -0.2) is 0 Å². The summed E-state index contributed by atoms with van der Waals surface area (Å²) in [4.78, 5) is 26.4. The van der Waals surface area contributed by atoms with E-state index in [2.05, 4.69) is 5.32 Å². The van der Waals surface area contributed by atoms with E-state index < -0.39 is 6.04 Å². The van der Waals surface area contributed by atoms with Crippen LogP contribution in [0.15, 0.2) is 16.7 Å². The third kappa shape index (κ3) is 4.74. The molecule has 0 bridgehead atoms. The maximum atomic E-state index is 12.4. The van der Waals surface area contributed by atoms with Crippen molar-refractivity contribution in [3.63, 3.8) is 0 Å². The lowest BCUT2D eigenvalue weighted by Crippen LogP contribution is -2.52. The molecule has 7 heteroatoms. The van der Waals surface area contributed by atoms with Crippen LogP contribution in [0.5, 0.6) is 0 Å². The van der Waals surface area contributed by atoms with Crippen LogP contribution >= 0.6 is 12.4 Å². The zero-order valence-electron chi connectivity index (χ0n) is 14.6. The van der Waals surface area contributed by atoms with Crippen molar-refractivity contribution in [2.45, 2.75) is 52.1 Å². The van der Waals surface area contributed by atoms with E-state index in [-0.39, 0.29) is 36.2 Å². The molecule has 1 aromatic heterocycles. The number of furan rings is 1. The van der Waals surface area contributed by atoms with Crippen molar-refractivity contribution < 1.29 is 14.0 Å². The number of hydrogen-bond donors (Lipinski definition) is 2. The van der Waals surface area contributed by atoms with Crippen LogP contribution in [0.25, 0.3) is 0 Å². The minimum Gasteiger partial charge on any atom is -0.469 e. The highest BCUT2D eigenvalue weighted by Gasteiger charge is 2.29. The van der Waals surface area contributed by atoms with E-state index in [0.717, 1.165) is 19.3 Å². The number of halogens is 1. The molecule has 136 valence electrons. The third-order valence-corrected chi connectivity index (χ3v) is 4.79. The number of carbonyl (C=O) groups excluding carboxylic acids is 2. The first kappa shape index (κ1) is 20.5. The monoisotopic (exact) mass is 357 g/mol. The van der Waals surface area contributed by atoms with Crippen molar-refractivity contribution in [3.05, 3.63) is 23.7 Å². The summed E-state index contributed by atoms with van der Waals surface area (Å²) in [5.41, 5.74) is 6.60. The number of aryl methyl sites for hydroxylation is 1. The molecule has 1 saturated heterocycles. The van der Waals surface area contributed by atoms with Crippen LogP contribution in [-0.4, -0.2) is 41.9 Å². The Balaban J connectivity index is 0.00000288. The lowest BCUT2D eigenvalue weighted by Gasteiger charge is -2.34. The molecule has 2 heterocycles. The minimum absolute atomic E-state index is 0. The molecule has 0 aromatic carbocycles. The van der Waals surface area contributed by atoms with Gasteiger partial charge in [-0.3, -0.25) is 9.59 Å². The number of amides is 2. The second-order valence-electron chi connectivity index (χ2n) is 6.37. The van der Waals surface area contributed by atoms with Gasteiger partial charge in [0.2, 0.25) is 5.91 Å². The van der Waals surface area contributed by atoms with Crippen LogP contribution < -0.4 is 11.1 Å². The molecule has 1 aliphatic heterocycles. The van der Waals surface area contributed by atoms with Crippen LogP contribution in [0.2, 0.25) is 0 Å². The Labute approximate surface area is 149 Å². The van der Waals surface area contributed by atoms with Crippen molar-refractivity contribution in [2.75, 3.05) is 13.1 Å². The van der Waals surface area contributed by atoms with Crippen LogP contribution in [0, 0.1) is 12.8 Å². The first-order valence-corrected chi connectivity index (χ1v) is 8.33. The van der Waals surface area contributed by atoms with Crippen molar-refractivity contribution >= 4 is 24.2 Å². The van der Waals surface area contributed by atoms with Crippen molar-refractivity contribution in [2.24, 2.45) is 11.7 Å². The minimum atomic E-state index is -0.431. The van der Waals surface area contributed by atoms with Crippen LogP contribution in [-0.2, 0) is 4.79 Å². The van der Waals surface area contributed by atoms with Gasteiger partial charge in [-0.05, 0) is 31.7 Å². The maximum Gasteiger partial charge on any atom is 0.255 e. The number of hydrogen-bond acceptors (Lipinski definition) is 4. The highest BCUT2D eigenvalue weighted by Crippen LogP contribution is 2.16. The topological polar surface area (TPSA) is 88.6 Å². The molecule has 0 spiro atoms. The van der Waals surface area contributed by atoms with E-state index in [9.17, 15) is 9.59 Å².